The Kier molecular flexibility index (Phi) is 17.2. The monoisotopic (exact) mass is 434 g/mol. The van der Waals surface area contributed by atoms with E-state index >= 15 is 0 Å². The first-order valence-corrected chi connectivity index (χ1v) is 10.6. The van der Waals surface area contributed by atoms with E-state index in [9.17, 15) is 9.59 Å². The Bertz CT molecular complexity index is 411. The predicted molar refractivity (Wildman–Crippen MR) is 115 cm³/mol. The van der Waals surface area contributed by atoms with Crippen molar-refractivity contribution in [3.8, 4) is 0 Å². The number of amides is 2. The minimum Gasteiger partial charge on any atom is -0.450 e. The number of hydrogen-bond donors (Lipinski definition) is 2. The average molecular weight is 435 g/mol. The van der Waals surface area contributed by atoms with Gasteiger partial charge in [-0.25, -0.2) is 9.59 Å². The Labute approximate surface area is 181 Å². The molecule has 10 nitrogen and oxygen atoms in total. The van der Waals surface area contributed by atoms with Crippen molar-refractivity contribution in [2.75, 3.05) is 67.7 Å². The number of hydrogen-bond acceptors (Lipinski definition) is 8. The number of nitrogens with zero attached hydrogens (tertiary/aromatic N) is 2. The van der Waals surface area contributed by atoms with Crippen molar-refractivity contribution >= 4 is 12.2 Å². The van der Waals surface area contributed by atoms with Gasteiger partial charge < -0.3 is 28.7 Å². The van der Waals surface area contributed by atoms with Crippen molar-refractivity contribution in [1.29, 1.82) is 0 Å². The summed E-state index contributed by atoms with van der Waals surface area (Å²) < 4.78 is 21.2. The second kappa shape index (κ2) is 18.2. The number of carbonyl (C=O) groups excluding carboxylic acids is 2. The van der Waals surface area contributed by atoms with Crippen LogP contribution in [0.1, 0.15) is 39.5 Å². The molecule has 0 bridgehead atoms. The van der Waals surface area contributed by atoms with Gasteiger partial charge in [0.2, 0.25) is 0 Å². The van der Waals surface area contributed by atoms with E-state index in [1.54, 1.807) is 13.8 Å². The standard InChI is InChI=1S/C20H42N4O6/c1-17(27-15-11-23(3)4)21-19(25)29-13-9-7-8-10-14-30-20(26)22-18(2)28-16-12-24(5)6/h17-18H,7-16H2,1-6H3,(H,21,25)(H,22,26). The molecule has 30 heavy (non-hydrogen) atoms. The van der Waals surface area contributed by atoms with Gasteiger partial charge in [0.1, 0.15) is 12.5 Å². The highest BCUT2D eigenvalue weighted by atomic mass is 16.6. The fraction of sp³-hybridized carbons (Fsp3) is 0.900. The maximum absolute atomic E-state index is 11.6. The molecule has 0 aliphatic rings. The van der Waals surface area contributed by atoms with Gasteiger partial charge in [-0.3, -0.25) is 10.6 Å². The van der Waals surface area contributed by atoms with Gasteiger partial charge in [-0.05, 0) is 67.7 Å². The van der Waals surface area contributed by atoms with Gasteiger partial charge in [-0.15, -0.1) is 0 Å². The van der Waals surface area contributed by atoms with Crippen molar-refractivity contribution < 1.29 is 28.5 Å². The Hall–Kier alpha value is -1.62. The Morgan fingerprint density at radius 2 is 1.03 bits per heavy atom. The summed E-state index contributed by atoms with van der Waals surface area (Å²) in [6.07, 6.45) is 1.56. The normalized spacial score (nSPS) is 13.2. The first-order valence-electron chi connectivity index (χ1n) is 10.6. The first kappa shape index (κ1) is 28.4. The molecule has 2 N–H and O–H groups in total. The van der Waals surface area contributed by atoms with Crippen LogP contribution in [0.5, 0.6) is 0 Å². The lowest BCUT2D eigenvalue weighted by atomic mass is 10.2. The van der Waals surface area contributed by atoms with Gasteiger partial charge in [0.15, 0.2) is 0 Å². The number of likely N-dealkylation sites (N-methyl/N-ethyl adjacent to an activating group) is 2. The van der Waals surface area contributed by atoms with E-state index in [1.165, 1.54) is 0 Å². The molecule has 0 aromatic heterocycles. The molecule has 0 saturated carbocycles. The van der Waals surface area contributed by atoms with Crippen LogP contribution in [-0.2, 0) is 18.9 Å². The van der Waals surface area contributed by atoms with Crippen molar-refractivity contribution in [2.45, 2.75) is 52.0 Å². The van der Waals surface area contributed by atoms with Crippen molar-refractivity contribution in [3.05, 3.63) is 0 Å². The van der Waals surface area contributed by atoms with Crippen LogP contribution in [0.4, 0.5) is 9.59 Å². The third-order valence-electron chi connectivity index (χ3n) is 3.96. The van der Waals surface area contributed by atoms with Crippen molar-refractivity contribution in [2.24, 2.45) is 0 Å². The van der Waals surface area contributed by atoms with E-state index in [2.05, 4.69) is 10.6 Å². The number of unbranched alkanes of at least 4 members (excludes halogenated alkanes) is 3. The van der Waals surface area contributed by atoms with Crippen LogP contribution in [0.25, 0.3) is 0 Å². The SMILES string of the molecule is CC(NC(=O)OCCCCCCOC(=O)NC(C)OCCN(C)C)OCCN(C)C. The van der Waals surface area contributed by atoms with Gasteiger partial charge in [0.05, 0.1) is 26.4 Å². The molecule has 0 spiro atoms. The van der Waals surface area contributed by atoms with Crippen LogP contribution < -0.4 is 10.6 Å². The summed E-state index contributed by atoms with van der Waals surface area (Å²) in [4.78, 5) is 27.3. The van der Waals surface area contributed by atoms with Crippen molar-refractivity contribution in [1.82, 2.24) is 20.4 Å². The van der Waals surface area contributed by atoms with E-state index in [-0.39, 0.29) is 12.5 Å². The van der Waals surface area contributed by atoms with Gasteiger partial charge in [0, 0.05) is 13.1 Å². The summed E-state index contributed by atoms with van der Waals surface area (Å²) in [5, 5.41) is 5.26. The fourth-order valence-corrected chi connectivity index (χ4v) is 2.21. The molecular formula is C20H42N4O6. The Balaban J connectivity index is 3.52. The smallest absolute Gasteiger partial charge is 0.409 e. The zero-order valence-electron chi connectivity index (χ0n) is 19.6. The maximum atomic E-state index is 11.6. The van der Waals surface area contributed by atoms with Gasteiger partial charge in [0.25, 0.3) is 0 Å². The topological polar surface area (TPSA) is 102 Å². The van der Waals surface area contributed by atoms with E-state index in [4.69, 9.17) is 18.9 Å². The van der Waals surface area contributed by atoms with Gasteiger partial charge in [-0.1, -0.05) is 0 Å². The molecule has 0 aromatic rings. The second-order valence-electron chi connectivity index (χ2n) is 7.61. The van der Waals surface area contributed by atoms with Gasteiger partial charge >= 0.3 is 12.2 Å². The molecule has 0 aliphatic heterocycles. The van der Waals surface area contributed by atoms with Crippen molar-refractivity contribution in [3.63, 3.8) is 0 Å². The average Bonchev–Trinajstić information content (AvgIpc) is 2.63. The summed E-state index contributed by atoms with van der Waals surface area (Å²) in [6, 6.07) is 0. The molecular weight excluding hydrogens is 392 g/mol. The third-order valence-corrected chi connectivity index (χ3v) is 3.96. The van der Waals surface area contributed by atoms with E-state index in [1.807, 2.05) is 38.0 Å². The Morgan fingerprint density at radius 1 is 0.667 bits per heavy atom. The third kappa shape index (κ3) is 19.7. The quantitative estimate of drug-likeness (QED) is 0.264. The molecule has 0 aliphatic carbocycles. The van der Waals surface area contributed by atoms with Crippen LogP contribution in [-0.4, -0.2) is 102 Å². The number of nitrogens with one attached hydrogen (secondary N) is 2. The molecule has 0 rings (SSSR count). The second-order valence-corrected chi connectivity index (χ2v) is 7.61. The van der Waals surface area contributed by atoms with Crippen LogP contribution >= 0.6 is 0 Å². The molecule has 0 aromatic carbocycles. The molecule has 178 valence electrons. The summed E-state index contributed by atoms with van der Waals surface area (Å²) >= 11 is 0. The zero-order chi connectivity index (χ0) is 22.8. The predicted octanol–water partition coefficient (Wildman–Crippen LogP) is 1.85. The molecule has 2 atom stereocenters. The highest BCUT2D eigenvalue weighted by molar-refractivity contribution is 5.67. The molecule has 0 radical (unpaired) electrons. The molecule has 0 heterocycles. The highest BCUT2D eigenvalue weighted by Gasteiger charge is 2.09. The first-order chi connectivity index (χ1) is 14.2. The molecule has 2 amide bonds. The summed E-state index contributed by atoms with van der Waals surface area (Å²) in [6.45, 7) is 6.88. The number of rotatable bonds is 17. The largest absolute Gasteiger partial charge is 0.450 e. The number of alkyl carbamates (subject to hydrolysis) is 2. The number of carbonyl (C=O) groups is 2. The van der Waals surface area contributed by atoms with Gasteiger partial charge in [-0.2, -0.15) is 0 Å². The lowest BCUT2D eigenvalue weighted by Crippen LogP contribution is -2.36. The van der Waals surface area contributed by atoms with Crippen LogP contribution in [0.2, 0.25) is 0 Å². The summed E-state index contributed by atoms with van der Waals surface area (Å²) in [5.41, 5.74) is 0. The summed E-state index contributed by atoms with van der Waals surface area (Å²) in [5.74, 6) is 0. The van der Waals surface area contributed by atoms with Crippen LogP contribution in [0.15, 0.2) is 0 Å². The van der Waals surface area contributed by atoms with E-state index in [0.29, 0.717) is 26.4 Å². The molecule has 0 saturated heterocycles. The highest BCUT2D eigenvalue weighted by Crippen LogP contribution is 2.01. The van der Waals surface area contributed by atoms with Crippen LogP contribution in [0.3, 0.4) is 0 Å². The molecule has 10 heteroatoms. The minimum absolute atomic E-state index is 0.347. The minimum atomic E-state index is -0.478. The van der Waals surface area contributed by atoms with E-state index < -0.39 is 12.2 Å². The Morgan fingerprint density at radius 3 is 1.37 bits per heavy atom. The maximum Gasteiger partial charge on any atom is 0.409 e. The molecule has 0 fully saturated rings. The number of ether oxygens (including phenoxy) is 4. The van der Waals surface area contributed by atoms with Crippen LogP contribution in [0, 0.1) is 0 Å². The zero-order valence-corrected chi connectivity index (χ0v) is 19.6. The molecule has 2 unspecified atom stereocenters. The fourth-order valence-electron chi connectivity index (χ4n) is 2.21. The van der Waals surface area contributed by atoms with E-state index in [0.717, 1.165) is 38.8 Å². The lowest BCUT2D eigenvalue weighted by Gasteiger charge is -2.17. The summed E-state index contributed by atoms with van der Waals surface area (Å²) in [7, 11) is 7.84. The lowest BCUT2D eigenvalue weighted by molar-refractivity contribution is 0.0294.